The van der Waals surface area contributed by atoms with E-state index in [0.29, 0.717) is 24.6 Å². The highest BCUT2D eigenvalue weighted by atomic mass is 16.1. The van der Waals surface area contributed by atoms with Gasteiger partial charge < -0.3 is 16.0 Å². The molecule has 0 spiro atoms. The van der Waals surface area contributed by atoms with Gasteiger partial charge in [0.15, 0.2) is 0 Å². The minimum atomic E-state index is -0.144. The molecule has 0 unspecified atom stereocenters. The van der Waals surface area contributed by atoms with E-state index in [1.807, 2.05) is 31.2 Å². The highest BCUT2D eigenvalue weighted by Crippen LogP contribution is 2.14. The highest BCUT2D eigenvalue weighted by molar-refractivity contribution is 5.56. The van der Waals surface area contributed by atoms with Crippen molar-refractivity contribution in [3.8, 4) is 0 Å². The average molecular weight is 258 g/mol. The fraction of sp³-hybridized carbons (Fsp3) is 0.286. The van der Waals surface area contributed by atoms with Crippen LogP contribution in [0.5, 0.6) is 0 Å². The van der Waals surface area contributed by atoms with Crippen LogP contribution in [0.3, 0.4) is 0 Å². The Bertz CT molecular complexity index is 589. The van der Waals surface area contributed by atoms with Gasteiger partial charge in [-0.15, -0.1) is 0 Å². The number of rotatable bonds is 5. The van der Waals surface area contributed by atoms with Gasteiger partial charge in [-0.05, 0) is 30.7 Å². The van der Waals surface area contributed by atoms with Crippen LogP contribution in [-0.2, 0) is 12.8 Å². The van der Waals surface area contributed by atoms with E-state index >= 15 is 0 Å². The maximum atomic E-state index is 11.5. The van der Waals surface area contributed by atoms with Gasteiger partial charge in [-0.3, -0.25) is 4.79 Å². The highest BCUT2D eigenvalue weighted by Gasteiger charge is 2.00. The summed E-state index contributed by atoms with van der Waals surface area (Å²) in [6.45, 7) is 2.59. The Morgan fingerprint density at radius 3 is 2.68 bits per heavy atom. The van der Waals surface area contributed by atoms with Crippen LogP contribution < -0.4 is 16.6 Å². The lowest BCUT2D eigenvalue weighted by Crippen LogP contribution is -2.11. The molecule has 0 fully saturated rings. The molecule has 1 aromatic carbocycles. The summed E-state index contributed by atoms with van der Waals surface area (Å²) in [7, 11) is 0. The predicted octanol–water partition coefficient (Wildman–Crippen LogP) is 1.58. The monoisotopic (exact) mass is 258 g/mol. The minimum absolute atomic E-state index is 0.144. The first kappa shape index (κ1) is 13.3. The van der Waals surface area contributed by atoms with E-state index in [2.05, 4.69) is 15.3 Å². The second kappa shape index (κ2) is 6.15. The lowest BCUT2D eigenvalue weighted by molar-refractivity contribution is 0.924. The lowest BCUT2D eigenvalue weighted by atomic mass is 10.1. The molecule has 1 heterocycles. The summed E-state index contributed by atoms with van der Waals surface area (Å²) in [6, 6.07) is 9.40. The van der Waals surface area contributed by atoms with Gasteiger partial charge in [-0.25, -0.2) is 4.98 Å². The van der Waals surface area contributed by atoms with Crippen LogP contribution in [0.2, 0.25) is 0 Å². The van der Waals surface area contributed by atoms with E-state index in [9.17, 15) is 4.79 Å². The molecule has 0 radical (unpaired) electrons. The minimum Gasteiger partial charge on any atom is -0.340 e. The van der Waals surface area contributed by atoms with Crippen LogP contribution >= 0.6 is 0 Å². The molecule has 5 heteroatoms. The van der Waals surface area contributed by atoms with Crippen molar-refractivity contribution >= 4 is 11.5 Å². The molecule has 100 valence electrons. The smallest absolute Gasteiger partial charge is 0.252 e. The van der Waals surface area contributed by atoms with E-state index in [1.165, 1.54) is 11.6 Å². The Balaban J connectivity index is 2.16. The fourth-order valence-electron chi connectivity index (χ4n) is 1.81. The van der Waals surface area contributed by atoms with Crippen LogP contribution in [0.15, 0.2) is 35.1 Å². The molecule has 0 saturated carbocycles. The molecule has 5 nitrogen and oxygen atoms in total. The lowest BCUT2D eigenvalue weighted by Gasteiger charge is -2.07. The SMILES string of the molecule is CCc1nc(Nc2ccc(CCN)cc2)cc(=O)[nH]1. The number of H-pyrrole nitrogens is 1. The average Bonchev–Trinajstić information content (AvgIpc) is 2.40. The molecule has 2 aromatic rings. The van der Waals surface area contributed by atoms with Crippen molar-refractivity contribution in [1.29, 1.82) is 0 Å². The second-order valence-corrected chi connectivity index (χ2v) is 4.29. The Morgan fingerprint density at radius 2 is 2.05 bits per heavy atom. The Labute approximate surface area is 111 Å². The molecule has 0 bridgehead atoms. The van der Waals surface area contributed by atoms with E-state index in [4.69, 9.17) is 5.73 Å². The number of anilines is 2. The van der Waals surface area contributed by atoms with Crippen molar-refractivity contribution < 1.29 is 0 Å². The normalized spacial score (nSPS) is 10.4. The van der Waals surface area contributed by atoms with E-state index < -0.39 is 0 Å². The third kappa shape index (κ3) is 3.66. The molecule has 19 heavy (non-hydrogen) atoms. The van der Waals surface area contributed by atoms with Gasteiger partial charge in [0, 0.05) is 18.2 Å². The number of hydrogen-bond donors (Lipinski definition) is 3. The molecule has 1 aromatic heterocycles. The van der Waals surface area contributed by atoms with Crippen LogP contribution in [0.25, 0.3) is 0 Å². The maximum absolute atomic E-state index is 11.5. The van der Waals surface area contributed by atoms with E-state index in [0.717, 1.165) is 12.1 Å². The zero-order valence-electron chi connectivity index (χ0n) is 10.9. The third-order valence-electron chi connectivity index (χ3n) is 2.78. The number of hydrogen-bond acceptors (Lipinski definition) is 4. The Kier molecular flexibility index (Phi) is 4.30. The van der Waals surface area contributed by atoms with Crippen molar-refractivity contribution in [2.75, 3.05) is 11.9 Å². The summed E-state index contributed by atoms with van der Waals surface area (Å²) in [5.74, 6) is 1.24. The van der Waals surface area contributed by atoms with E-state index in [1.54, 1.807) is 0 Å². The topological polar surface area (TPSA) is 83.8 Å². The van der Waals surface area contributed by atoms with Crippen LogP contribution in [0, 0.1) is 0 Å². The number of nitrogens with two attached hydrogens (primary N) is 1. The predicted molar refractivity (Wildman–Crippen MR) is 76.7 cm³/mol. The second-order valence-electron chi connectivity index (χ2n) is 4.29. The standard InChI is InChI=1S/C14H18N4O/c1-2-12-17-13(9-14(19)18-12)16-11-5-3-10(4-6-11)7-8-15/h3-6,9H,2,7-8,15H2,1H3,(H2,16,17,18,19). The van der Waals surface area contributed by atoms with Gasteiger partial charge in [-0.2, -0.15) is 0 Å². The third-order valence-corrected chi connectivity index (χ3v) is 2.78. The zero-order valence-corrected chi connectivity index (χ0v) is 10.9. The first-order valence-electron chi connectivity index (χ1n) is 6.37. The molecule has 0 aliphatic carbocycles. The number of aromatic amines is 1. The fourth-order valence-corrected chi connectivity index (χ4v) is 1.81. The molecule has 0 saturated heterocycles. The number of benzene rings is 1. The summed E-state index contributed by atoms with van der Waals surface area (Å²) in [5, 5.41) is 3.13. The van der Waals surface area contributed by atoms with Crippen LogP contribution in [0.4, 0.5) is 11.5 Å². The van der Waals surface area contributed by atoms with Gasteiger partial charge in [0.05, 0.1) is 0 Å². The summed E-state index contributed by atoms with van der Waals surface area (Å²) >= 11 is 0. The maximum Gasteiger partial charge on any atom is 0.252 e. The summed E-state index contributed by atoms with van der Waals surface area (Å²) in [6.07, 6.45) is 1.56. The summed E-state index contributed by atoms with van der Waals surface area (Å²) < 4.78 is 0. The van der Waals surface area contributed by atoms with Crippen molar-refractivity contribution in [3.63, 3.8) is 0 Å². The Morgan fingerprint density at radius 1 is 1.32 bits per heavy atom. The number of nitrogens with one attached hydrogen (secondary N) is 2. The van der Waals surface area contributed by atoms with Gasteiger partial charge >= 0.3 is 0 Å². The molecule has 0 atom stereocenters. The molecule has 4 N–H and O–H groups in total. The van der Waals surface area contributed by atoms with Crippen molar-refractivity contribution in [3.05, 3.63) is 52.1 Å². The molecular formula is C14H18N4O. The zero-order chi connectivity index (χ0) is 13.7. The first-order valence-corrected chi connectivity index (χ1v) is 6.37. The van der Waals surface area contributed by atoms with E-state index in [-0.39, 0.29) is 5.56 Å². The molecule has 2 rings (SSSR count). The van der Waals surface area contributed by atoms with Gasteiger partial charge in [0.2, 0.25) is 0 Å². The first-order chi connectivity index (χ1) is 9.21. The van der Waals surface area contributed by atoms with Crippen LogP contribution in [-0.4, -0.2) is 16.5 Å². The summed E-state index contributed by atoms with van der Waals surface area (Å²) in [4.78, 5) is 18.5. The molecule has 0 aliphatic heterocycles. The molecular weight excluding hydrogens is 240 g/mol. The van der Waals surface area contributed by atoms with Crippen molar-refractivity contribution in [1.82, 2.24) is 9.97 Å². The van der Waals surface area contributed by atoms with Crippen LogP contribution in [0.1, 0.15) is 18.3 Å². The molecule has 0 amide bonds. The van der Waals surface area contributed by atoms with Gasteiger partial charge in [0.1, 0.15) is 11.6 Å². The largest absolute Gasteiger partial charge is 0.340 e. The number of aromatic nitrogens is 2. The van der Waals surface area contributed by atoms with Gasteiger partial charge in [0.25, 0.3) is 5.56 Å². The Hall–Kier alpha value is -2.14. The number of nitrogens with zero attached hydrogens (tertiary/aromatic N) is 1. The quantitative estimate of drug-likeness (QED) is 0.760. The number of aryl methyl sites for hydroxylation is 1. The van der Waals surface area contributed by atoms with Crippen molar-refractivity contribution in [2.45, 2.75) is 19.8 Å². The van der Waals surface area contributed by atoms with Crippen molar-refractivity contribution in [2.24, 2.45) is 5.73 Å². The summed E-state index contributed by atoms with van der Waals surface area (Å²) in [5.41, 5.74) is 7.46. The molecule has 0 aliphatic rings. The van der Waals surface area contributed by atoms with Gasteiger partial charge in [-0.1, -0.05) is 19.1 Å².